The zero-order chi connectivity index (χ0) is 28.5. The first kappa shape index (κ1) is 29.8. The Labute approximate surface area is 243 Å². The van der Waals surface area contributed by atoms with Crippen LogP contribution in [0.4, 0.5) is 8.78 Å². The first-order valence-corrected chi connectivity index (χ1v) is 18.7. The summed E-state index contributed by atoms with van der Waals surface area (Å²) in [6, 6.07) is 18.8. The van der Waals surface area contributed by atoms with Crippen LogP contribution in [-0.2, 0) is 6.42 Å². The number of rotatable bonds is 8. The third kappa shape index (κ3) is 6.94. The van der Waals surface area contributed by atoms with E-state index in [0.717, 1.165) is 32.0 Å². The van der Waals surface area contributed by atoms with Crippen molar-refractivity contribution >= 4 is 34.6 Å². The molecule has 4 aromatic rings. The number of benzene rings is 3. The molecule has 0 fully saturated rings. The third-order valence-electron chi connectivity index (χ3n) is 7.47. The van der Waals surface area contributed by atoms with E-state index in [-0.39, 0.29) is 36.8 Å². The van der Waals surface area contributed by atoms with Crippen LogP contribution in [0.2, 0.25) is 18.1 Å². The maximum atomic E-state index is 14.8. The standard InChI is InChI=1S/C32H37F2NOSSeSi/c1-20-12-14-23(15-13-20)31-35-22(3)30(38-31)29(19-25-26(33)10-9-11-27(25)34)37-24-16-17-28(21(2)18-24)36-39(7,8)32(4,5)6/h9-18,29H,19H2,1-8H3. The van der Waals surface area contributed by atoms with Gasteiger partial charge in [-0.25, -0.2) is 0 Å². The molecule has 1 aromatic heterocycles. The van der Waals surface area contributed by atoms with E-state index < -0.39 is 20.0 Å². The average Bonchev–Trinajstić information content (AvgIpc) is 3.23. The third-order valence-corrected chi connectivity index (χ3v) is 16.1. The Morgan fingerprint density at radius 1 is 0.949 bits per heavy atom. The van der Waals surface area contributed by atoms with Gasteiger partial charge < -0.3 is 0 Å². The molecule has 0 saturated carbocycles. The summed E-state index contributed by atoms with van der Waals surface area (Å²) < 4.78 is 38.4. The summed E-state index contributed by atoms with van der Waals surface area (Å²) in [7, 11) is -1.97. The van der Waals surface area contributed by atoms with Gasteiger partial charge in [0.25, 0.3) is 0 Å². The monoisotopic (exact) mass is 629 g/mol. The van der Waals surface area contributed by atoms with Gasteiger partial charge in [0, 0.05) is 0 Å². The first-order valence-electron chi connectivity index (χ1n) is 13.2. The van der Waals surface area contributed by atoms with E-state index in [9.17, 15) is 8.78 Å². The Balaban J connectivity index is 1.69. The van der Waals surface area contributed by atoms with E-state index in [2.05, 4.69) is 84.1 Å². The second-order valence-electron chi connectivity index (χ2n) is 11.6. The molecule has 0 bridgehead atoms. The summed E-state index contributed by atoms with van der Waals surface area (Å²) >= 11 is 1.61. The predicted octanol–water partition coefficient (Wildman–Crippen LogP) is 9.47. The van der Waals surface area contributed by atoms with Gasteiger partial charge in [-0.05, 0) is 0 Å². The van der Waals surface area contributed by atoms with Gasteiger partial charge in [0.1, 0.15) is 0 Å². The number of halogens is 2. The van der Waals surface area contributed by atoms with Gasteiger partial charge in [-0.15, -0.1) is 0 Å². The van der Waals surface area contributed by atoms with Crippen molar-refractivity contribution in [3.8, 4) is 15.9 Å². The molecule has 0 saturated heterocycles. The van der Waals surface area contributed by atoms with Crippen LogP contribution in [0.25, 0.3) is 10.1 Å². The van der Waals surface area contributed by atoms with Crippen LogP contribution in [0.1, 0.15) is 52.8 Å². The minimum absolute atomic E-state index is 0.0425. The van der Waals surface area contributed by atoms with E-state index in [4.69, 9.17) is 9.41 Å². The van der Waals surface area contributed by atoms with Crippen molar-refractivity contribution in [3.05, 3.63) is 99.1 Å². The van der Waals surface area contributed by atoms with Crippen LogP contribution >= 0.6 is 11.8 Å². The van der Waals surface area contributed by atoms with Crippen LogP contribution in [0.5, 0.6) is 5.75 Å². The van der Waals surface area contributed by atoms with Crippen molar-refractivity contribution in [1.29, 1.82) is 0 Å². The van der Waals surface area contributed by atoms with E-state index >= 15 is 0 Å². The van der Waals surface area contributed by atoms with Crippen molar-refractivity contribution in [1.82, 2.24) is 4.98 Å². The second kappa shape index (κ2) is 11.7. The van der Waals surface area contributed by atoms with Gasteiger partial charge in [-0.3, -0.25) is 0 Å². The summed E-state index contributed by atoms with van der Waals surface area (Å²) in [5.41, 5.74) is 4.46. The molecule has 0 spiro atoms. The topological polar surface area (TPSA) is 22.1 Å². The predicted molar refractivity (Wildman–Crippen MR) is 164 cm³/mol. The van der Waals surface area contributed by atoms with Gasteiger partial charge in [-0.1, -0.05) is 0 Å². The molecule has 3 aromatic carbocycles. The molecule has 0 radical (unpaired) electrons. The van der Waals surface area contributed by atoms with Crippen LogP contribution in [0.15, 0.2) is 65.6 Å². The van der Waals surface area contributed by atoms with Gasteiger partial charge in [-0.2, -0.15) is 0 Å². The molecule has 2 nitrogen and oxygen atoms in total. The van der Waals surface area contributed by atoms with Crippen molar-refractivity contribution in [2.45, 2.75) is 76.2 Å². The Bertz CT molecular complexity index is 1440. The fourth-order valence-corrected chi connectivity index (χ4v) is 9.12. The van der Waals surface area contributed by atoms with Crippen LogP contribution in [0.3, 0.4) is 0 Å². The fraction of sp³-hybridized carbons (Fsp3) is 0.344. The van der Waals surface area contributed by atoms with Crippen molar-refractivity contribution in [2.75, 3.05) is 0 Å². The Kier molecular flexibility index (Phi) is 8.97. The number of hydrogen-bond acceptors (Lipinski definition) is 3. The Morgan fingerprint density at radius 3 is 2.18 bits per heavy atom. The molecule has 4 rings (SSSR count). The van der Waals surface area contributed by atoms with E-state index in [1.165, 1.54) is 28.2 Å². The fourth-order valence-electron chi connectivity index (χ4n) is 4.03. The molecule has 0 amide bonds. The normalized spacial score (nSPS) is 13.0. The zero-order valence-corrected chi connectivity index (χ0v) is 27.5. The number of thioether (sulfide) groups is 1. The average molecular weight is 629 g/mol. The molecule has 1 unspecified atom stereocenters. The van der Waals surface area contributed by atoms with Crippen molar-refractivity contribution in [2.24, 2.45) is 0 Å². The summed E-state index contributed by atoms with van der Waals surface area (Å²) in [6.07, 6.45) is 0.259. The minimum atomic E-state index is -1.97. The zero-order valence-electron chi connectivity index (χ0n) is 24.0. The molecule has 7 heteroatoms. The summed E-state index contributed by atoms with van der Waals surface area (Å²) in [5, 5.41) is -0.0412. The molecular formula is C32H37F2NOSSeSi. The number of aryl methyl sites for hydroxylation is 3. The maximum absolute atomic E-state index is 14.8. The van der Waals surface area contributed by atoms with Crippen molar-refractivity contribution < 1.29 is 13.2 Å². The molecule has 206 valence electrons. The second-order valence-corrected chi connectivity index (χ2v) is 19.8. The number of nitrogens with zero attached hydrogens (tertiary/aromatic N) is 1. The number of hydrogen-bond donors (Lipinski definition) is 0. The quantitative estimate of drug-likeness (QED) is 0.143. The molecule has 1 heterocycles. The SMILES string of the molecule is Cc1ccc(-c2nc(C)c(C(Cc3c(F)cccc3F)Sc3ccc(O[Si](C)(C)C(C)(C)C)c(C)c3)[se]2)cc1. The van der Waals surface area contributed by atoms with Crippen LogP contribution in [0, 0.1) is 32.4 Å². The Hall–Kier alpha value is -2.18. The van der Waals surface area contributed by atoms with Gasteiger partial charge in [0.2, 0.25) is 0 Å². The van der Waals surface area contributed by atoms with E-state index in [1.54, 1.807) is 11.8 Å². The summed E-state index contributed by atoms with van der Waals surface area (Å²) in [4.78, 5) is 5.97. The number of aromatic nitrogens is 1. The molecule has 0 N–H and O–H groups in total. The molecule has 39 heavy (non-hydrogen) atoms. The van der Waals surface area contributed by atoms with E-state index in [1.807, 2.05) is 13.0 Å². The summed E-state index contributed by atoms with van der Waals surface area (Å²) in [6.45, 7) is 17.4. The molecule has 1 atom stereocenters. The molecular weight excluding hydrogens is 591 g/mol. The van der Waals surface area contributed by atoms with Crippen molar-refractivity contribution in [3.63, 3.8) is 0 Å². The molecule has 0 aliphatic carbocycles. The van der Waals surface area contributed by atoms with Gasteiger partial charge in [0.05, 0.1) is 0 Å². The molecule has 0 aliphatic heterocycles. The van der Waals surface area contributed by atoms with Gasteiger partial charge in [0.15, 0.2) is 0 Å². The summed E-state index contributed by atoms with van der Waals surface area (Å²) in [5.74, 6) is -0.0928. The molecule has 0 aliphatic rings. The van der Waals surface area contributed by atoms with Gasteiger partial charge >= 0.3 is 244 Å². The van der Waals surface area contributed by atoms with Crippen LogP contribution in [-0.4, -0.2) is 27.8 Å². The Morgan fingerprint density at radius 2 is 1.59 bits per heavy atom. The van der Waals surface area contributed by atoms with Crippen LogP contribution < -0.4 is 4.43 Å². The first-order chi connectivity index (χ1) is 18.2. The van der Waals surface area contributed by atoms with E-state index in [0.29, 0.717) is 0 Å².